The van der Waals surface area contributed by atoms with Gasteiger partial charge in [-0.05, 0) is 5.53 Å². The molecular weight excluding hydrogens is 224 g/mol. The lowest BCUT2D eigenvalue weighted by molar-refractivity contribution is -0.149. The Balaban J connectivity index is 2.30. The summed E-state index contributed by atoms with van der Waals surface area (Å²) in [6, 6.07) is -1.24. The zero-order valence-corrected chi connectivity index (χ0v) is 8.05. The van der Waals surface area contributed by atoms with Crippen molar-refractivity contribution in [3.63, 3.8) is 0 Å². The minimum absolute atomic E-state index is 0.122. The van der Waals surface area contributed by atoms with E-state index in [0.717, 1.165) is 4.90 Å². The quantitative estimate of drug-likeness (QED) is 0.327. The molecule has 0 bridgehead atoms. The standard InChI is InChI=1S/C7H5ClN4O3/c8-2-1-3-4(10-11-9)6(13)12(3)5(2)7(14)15/h3-4H,1H2,(H,14,15). The molecule has 1 saturated heterocycles. The van der Waals surface area contributed by atoms with Crippen molar-refractivity contribution in [3.05, 3.63) is 21.2 Å². The minimum Gasteiger partial charge on any atom is -0.477 e. The summed E-state index contributed by atoms with van der Waals surface area (Å²) in [5.74, 6) is -1.75. The number of rotatable bonds is 2. The van der Waals surface area contributed by atoms with Crippen LogP contribution in [0.5, 0.6) is 0 Å². The second-order valence-corrected chi connectivity index (χ2v) is 3.64. The molecule has 2 heterocycles. The van der Waals surface area contributed by atoms with E-state index >= 15 is 0 Å². The summed E-state index contributed by atoms with van der Waals surface area (Å²) in [6.07, 6.45) is 0.235. The lowest BCUT2D eigenvalue weighted by Gasteiger charge is -2.40. The number of carbonyl (C=O) groups excluding carboxylic acids is 1. The molecule has 2 aliphatic rings. The Hall–Kier alpha value is -1.72. The number of hydrogen-bond donors (Lipinski definition) is 1. The molecule has 0 aromatic heterocycles. The van der Waals surface area contributed by atoms with Gasteiger partial charge in [-0.15, -0.1) is 0 Å². The third-order valence-electron chi connectivity index (χ3n) is 2.45. The predicted octanol–water partition coefficient (Wildman–Crippen LogP) is 0.815. The third-order valence-corrected chi connectivity index (χ3v) is 2.78. The molecule has 2 unspecified atom stereocenters. The highest BCUT2D eigenvalue weighted by atomic mass is 35.5. The number of carboxylic acids is 1. The Morgan fingerprint density at radius 2 is 2.40 bits per heavy atom. The van der Waals surface area contributed by atoms with Crippen LogP contribution in [0.2, 0.25) is 0 Å². The van der Waals surface area contributed by atoms with E-state index in [9.17, 15) is 9.59 Å². The fraction of sp³-hybridized carbons (Fsp3) is 0.429. The Morgan fingerprint density at radius 1 is 1.73 bits per heavy atom. The Morgan fingerprint density at radius 3 is 2.93 bits per heavy atom. The first-order valence-electron chi connectivity index (χ1n) is 4.07. The summed E-state index contributed by atoms with van der Waals surface area (Å²) in [5.41, 5.74) is 8.01. The van der Waals surface area contributed by atoms with Crippen LogP contribution in [0.1, 0.15) is 6.42 Å². The number of aliphatic carboxylic acids is 1. The molecule has 2 aliphatic heterocycles. The number of fused-ring (bicyclic) bond motifs is 1. The molecular formula is C7H5ClN4O3. The van der Waals surface area contributed by atoms with Crippen LogP contribution in [0.4, 0.5) is 0 Å². The summed E-state index contributed by atoms with van der Waals surface area (Å²) in [7, 11) is 0. The van der Waals surface area contributed by atoms with Gasteiger partial charge in [0, 0.05) is 11.3 Å². The van der Waals surface area contributed by atoms with Crippen molar-refractivity contribution >= 4 is 23.5 Å². The molecule has 78 valence electrons. The molecule has 2 rings (SSSR count). The zero-order chi connectivity index (χ0) is 11.2. The van der Waals surface area contributed by atoms with Gasteiger partial charge in [-0.1, -0.05) is 16.7 Å². The second-order valence-electron chi connectivity index (χ2n) is 3.19. The van der Waals surface area contributed by atoms with Gasteiger partial charge in [-0.25, -0.2) is 4.79 Å². The first-order chi connectivity index (χ1) is 7.07. The number of hydrogen-bond acceptors (Lipinski definition) is 3. The molecule has 8 heteroatoms. The van der Waals surface area contributed by atoms with Crippen LogP contribution >= 0.6 is 11.6 Å². The average Bonchev–Trinajstić information content (AvgIpc) is 2.49. The Kier molecular flexibility index (Phi) is 2.06. The molecule has 0 aliphatic carbocycles. The summed E-state index contributed by atoms with van der Waals surface area (Å²) in [6.45, 7) is 0. The Bertz CT molecular complexity index is 440. The molecule has 2 atom stereocenters. The lowest BCUT2D eigenvalue weighted by Crippen LogP contribution is -2.61. The van der Waals surface area contributed by atoms with E-state index in [2.05, 4.69) is 10.0 Å². The molecule has 0 saturated carbocycles. The second kappa shape index (κ2) is 3.15. The van der Waals surface area contributed by atoms with E-state index in [4.69, 9.17) is 22.2 Å². The molecule has 1 fully saturated rings. The maximum Gasteiger partial charge on any atom is 0.353 e. The van der Waals surface area contributed by atoms with Crippen LogP contribution in [0.3, 0.4) is 0 Å². The molecule has 0 spiro atoms. The predicted molar refractivity (Wildman–Crippen MR) is 48.7 cm³/mol. The maximum absolute atomic E-state index is 11.4. The molecule has 1 N–H and O–H groups in total. The maximum atomic E-state index is 11.4. The van der Waals surface area contributed by atoms with Crippen molar-refractivity contribution < 1.29 is 14.7 Å². The van der Waals surface area contributed by atoms with Gasteiger partial charge in [0.05, 0.1) is 11.1 Å². The fourth-order valence-corrected chi connectivity index (χ4v) is 2.15. The third kappa shape index (κ3) is 1.17. The number of halogens is 1. The van der Waals surface area contributed by atoms with E-state index < -0.39 is 24.0 Å². The zero-order valence-electron chi connectivity index (χ0n) is 7.29. The smallest absolute Gasteiger partial charge is 0.353 e. The van der Waals surface area contributed by atoms with Crippen molar-refractivity contribution in [3.8, 4) is 0 Å². The van der Waals surface area contributed by atoms with Gasteiger partial charge in [-0.3, -0.25) is 4.79 Å². The van der Waals surface area contributed by atoms with Crippen LogP contribution in [0.15, 0.2) is 15.8 Å². The normalized spacial score (nSPS) is 28.3. The van der Waals surface area contributed by atoms with Crippen molar-refractivity contribution in [2.75, 3.05) is 0 Å². The number of β-lactam (4-membered cyclic amide) rings is 1. The van der Waals surface area contributed by atoms with Gasteiger partial charge in [0.25, 0.3) is 0 Å². The first-order valence-corrected chi connectivity index (χ1v) is 4.45. The summed E-state index contributed by atoms with van der Waals surface area (Å²) in [5, 5.41) is 12.2. The van der Waals surface area contributed by atoms with Crippen molar-refractivity contribution in [1.82, 2.24) is 4.90 Å². The van der Waals surface area contributed by atoms with E-state index in [1.165, 1.54) is 0 Å². The monoisotopic (exact) mass is 228 g/mol. The highest BCUT2D eigenvalue weighted by Crippen LogP contribution is 2.41. The highest BCUT2D eigenvalue weighted by Gasteiger charge is 2.54. The SMILES string of the molecule is [N-]=[N+]=NC1C(=O)N2C(C(=O)O)=C(Cl)CC12. The molecule has 0 aromatic carbocycles. The molecule has 0 aromatic rings. The van der Waals surface area contributed by atoms with Crippen LogP contribution in [-0.2, 0) is 9.59 Å². The van der Waals surface area contributed by atoms with Crippen LogP contribution in [-0.4, -0.2) is 34.0 Å². The molecule has 0 radical (unpaired) electrons. The summed E-state index contributed by atoms with van der Waals surface area (Å²) < 4.78 is 0. The fourth-order valence-electron chi connectivity index (χ4n) is 1.82. The highest BCUT2D eigenvalue weighted by molar-refractivity contribution is 6.32. The van der Waals surface area contributed by atoms with Gasteiger partial charge < -0.3 is 10.0 Å². The van der Waals surface area contributed by atoms with Gasteiger partial charge in [0.2, 0.25) is 5.91 Å². The number of azide groups is 1. The summed E-state index contributed by atoms with van der Waals surface area (Å²) >= 11 is 5.70. The Labute approximate surface area is 88.5 Å². The van der Waals surface area contributed by atoms with E-state index in [1.54, 1.807) is 0 Å². The van der Waals surface area contributed by atoms with Crippen molar-refractivity contribution in [1.29, 1.82) is 0 Å². The van der Waals surface area contributed by atoms with Gasteiger partial charge in [-0.2, -0.15) is 0 Å². The number of carbonyl (C=O) groups is 2. The average molecular weight is 229 g/mol. The van der Waals surface area contributed by atoms with Gasteiger partial charge in [0.1, 0.15) is 11.7 Å². The van der Waals surface area contributed by atoms with Crippen molar-refractivity contribution in [2.24, 2.45) is 5.11 Å². The summed E-state index contributed by atoms with van der Waals surface area (Å²) in [4.78, 5) is 25.8. The topological polar surface area (TPSA) is 106 Å². The minimum atomic E-state index is -1.24. The molecule has 15 heavy (non-hydrogen) atoms. The van der Waals surface area contributed by atoms with E-state index in [1.807, 2.05) is 0 Å². The van der Waals surface area contributed by atoms with Gasteiger partial charge in [0.15, 0.2) is 0 Å². The van der Waals surface area contributed by atoms with Crippen LogP contribution < -0.4 is 0 Å². The number of nitrogens with zero attached hydrogens (tertiary/aromatic N) is 4. The number of carboxylic acid groups (broad SMARTS) is 1. The largest absolute Gasteiger partial charge is 0.477 e. The van der Waals surface area contributed by atoms with E-state index in [-0.39, 0.29) is 17.2 Å². The molecule has 7 nitrogen and oxygen atoms in total. The van der Waals surface area contributed by atoms with E-state index in [0.29, 0.717) is 0 Å². The van der Waals surface area contributed by atoms with Gasteiger partial charge >= 0.3 is 5.97 Å². The molecule has 1 amide bonds. The number of amides is 1. The lowest BCUT2D eigenvalue weighted by atomic mass is 9.96. The van der Waals surface area contributed by atoms with Crippen LogP contribution in [0, 0.1) is 0 Å². The van der Waals surface area contributed by atoms with Crippen LogP contribution in [0.25, 0.3) is 10.4 Å². The van der Waals surface area contributed by atoms with Crippen molar-refractivity contribution in [2.45, 2.75) is 18.5 Å². The first kappa shape index (κ1) is 9.82.